The molecule has 0 fully saturated rings. The fraction of sp³-hybridized carbons (Fsp3) is 0.333. The Morgan fingerprint density at radius 2 is 1.52 bits per heavy atom. The minimum Gasteiger partial charge on any atom is -0.350 e. The van der Waals surface area contributed by atoms with Crippen molar-refractivity contribution < 1.29 is 18.0 Å². The zero-order valence-corrected chi connectivity index (χ0v) is 25.6. The lowest BCUT2D eigenvalue weighted by Gasteiger charge is -2.35. The lowest BCUT2D eigenvalue weighted by Crippen LogP contribution is -2.56. The van der Waals surface area contributed by atoms with Gasteiger partial charge in [-0.1, -0.05) is 83.4 Å². The van der Waals surface area contributed by atoms with Crippen LogP contribution in [0, 0.1) is 6.92 Å². The average molecular weight is 605 g/mol. The first-order valence-electron chi connectivity index (χ1n) is 12.8. The number of amides is 2. The summed E-state index contributed by atoms with van der Waals surface area (Å²) >= 11 is 12.2. The van der Waals surface area contributed by atoms with Gasteiger partial charge in [-0.2, -0.15) is 0 Å². The van der Waals surface area contributed by atoms with Crippen molar-refractivity contribution in [1.82, 2.24) is 10.2 Å². The van der Waals surface area contributed by atoms with Crippen molar-refractivity contribution >= 4 is 50.7 Å². The van der Waals surface area contributed by atoms with Gasteiger partial charge in [0.25, 0.3) is 0 Å². The van der Waals surface area contributed by atoms with Crippen LogP contribution in [0.3, 0.4) is 0 Å². The molecule has 0 spiro atoms. The van der Waals surface area contributed by atoms with E-state index in [-0.39, 0.29) is 34.6 Å². The van der Waals surface area contributed by atoms with Gasteiger partial charge in [0.15, 0.2) is 0 Å². The third-order valence-electron chi connectivity index (χ3n) is 6.11. The molecule has 1 N–H and O–H groups in total. The van der Waals surface area contributed by atoms with Crippen LogP contribution in [0.2, 0.25) is 10.0 Å². The fourth-order valence-corrected chi connectivity index (χ4v) is 5.28. The minimum atomic E-state index is -3.90. The van der Waals surface area contributed by atoms with Crippen LogP contribution >= 0.6 is 23.2 Å². The molecule has 0 aliphatic heterocycles. The molecule has 1 atom stereocenters. The summed E-state index contributed by atoms with van der Waals surface area (Å²) < 4.78 is 26.7. The Bertz CT molecular complexity index is 1440. The second-order valence-electron chi connectivity index (χ2n) is 10.8. The molecule has 7 nitrogen and oxygen atoms in total. The molecule has 0 bridgehead atoms. The highest BCUT2D eigenvalue weighted by Gasteiger charge is 2.34. The van der Waals surface area contributed by atoms with Crippen LogP contribution < -0.4 is 9.62 Å². The van der Waals surface area contributed by atoms with Crippen LogP contribution in [0.4, 0.5) is 5.69 Å². The number of halogens is 2. The Balaban J connectivity index is 2.08. The van der Waals surface area contributed by atoms with Crippen LogP contribution in [0.5, 0.6) is 0 Å². The highest BCUT2D eigenvalue weighted by molar-refractivity contribution is 7.92. The zero-order valence-electron chi connectivity index (χ0n) is 23.3. The van der Waals surface area contributed by atoms with Gasteiger partial charge in [-0.3, -0.25) is 13.9 Å². The molecule has 0 saturated carbocycles. The van der Waals surface area contributed by atoms with Crippen molar-refractivity contribution in [2.45, 2.75) is 52.2 Å². The highest BCUT2D eigenvalue weighted by Crippen LogP contribution is 2.29. The maximum atomic E-state index is 14.1. The van der Waals surface area contributed by atoms with E-state index in [1.54, 1.807) is 0 Å². The Labute approximate surface area is 247 Å². The van der Waals surface area contributed by atoms with Crippen LogP contribution in [-0.4, -0.2) is 49.5 Å². The molecule has 0 saturated heterocycles. The highest BCUT2D eigenvalue weighted by atomic mass is 35.5. The number of anilines is 1. The van der Waals surface area contributed by atoms with Crippen LogP contribution in [0.15, 0.2) is 72.8 Å². The van der Waals surface area contributed by atoms with E-state index in [4.69, 9.17) is 23.2 Å². The third-order valence-corrected chi connectivity index (χ3v) is 7.99. The number of rotatable bonds is 10. The second kappa shape index (κ2) is 13.1. The summed E-state index contributed by atoms with van der Waals surface area (Å²) in [6.45, 7) is 7.14. The summed E-state index contributed by atoms with van der Waals surface area (Å²) in [5, 5.41) is 3.42. The number of carbonyl (C=O) groups excluding carboxylic acids is 2. The maximum absolute atomic E-state index is 14.1. The predicted molar refractivity (Wildman–Crippen MR) is 162 cm³/mol. The van der Waals surface area contributed by atoms with Gasteiger partial charge in [0.2, 0.25) is 21.8 Å². The fourth-order valence-electron chi connectivity index (χ4n) is 4.15. The molecule has 0 radical (unpaired) electrons. The van der Waals surface area contributed by atoms with Crippen molar-refractivity contribution in [3.63, 3.8) is 0 Å². The Kier molecular flexibility index (Phi) is 10.3. The lowest BCUT2D eigenvalue weighted by atomic mass is 10.0. The molecule has 10 heteroatoms. The van der Waals surface area contributed by atoms with Gasteiger partial charge in [0, 0.05) is 18.5 Å². The number of sulfonamides is 1. The molecule has 0 aromatic heterocycles. The number of nitrogens with one attached hydrogen (secondary N) is 1. The number of carbonyl (C=O) groups is 2. The number of benzene rings is 3. The first-order valence-corrected chi connectivity index (χ1v) is 15.4. The van der Waals surface area contributed by atoms with Crippen LogP contribution in [0.25, 0.3) is 0 Å². The summed E-state index contributed by atoms with van der Waals surface area (Å²) in [7, 11) is -3.90. The summed E-state index contributed by atoms with van der Waals surface area (Å²) in [5.74, 6) is -0.876. The van der Waals surface area contributed by atoms with Crippen molar-refractivity contribution in [3.8, 4) is 0 Å². The quantitative estimate of drug-likeness (QED) is 0.326. The van der Waals surface area contributed by atoms with E-state index in [0.717, 1.165) is 27.3 Å². The van der Waals surface area contributed by atoms with Gasteiger partial charge in [-0.25, -0.2) is 8.42 Å². The van der Waals surface area contributed by atoms with Crippen molar-refractivity contribution in [3.05, 3.63) is 99.5 Å². The summed E-state index contributed by atoms with van der Waals surface area (Å²) in [5.41, 5.74) is 2.36. The van der Waals surface area contributed by atoms with Crippen LogP contribution in [-0.2, 0) is 32.6 Å². The third kappa shape index (κ3) is 8.98. The summed E-state index contributed by atoms with van der Waals surface area (Å²) in [6, 6.07) is 20.5. The smallest absolute Gasteiger partial charge is 0.244 e. The van der Waals surface area contributed by atoms with Crippen molar-refractivity contribution in [2.24, 2.45) is 0 Å². The molecule has 0 unspecified atom stereocenters. The first-order chi connectivity index (χ1) is 18.6. The van der Waals surface area contributed by atoms with E-state index in [2.05, 4.69) is 5.32 Å². The molecule has 0 aliphatic carbocycles. The number of hydrogen-bond donors (Lipinski definition) is 1. The number of aryl methyl sites for hydroxylation is 1. The molecular formula is C30H35Cl2N3O4S. The molecule has 0 heterocycles. The predicted octanol–water partition coefficient (Wildman–Crippen LogP) is 5.62. The molecular weight excluding hydrogens is 569 g/mol. The molecule has 3 aromatic rings. The van der Waals surface area contributed by atoms with E-state index in [9.17, 15) is 18.0 Å². The van der Waals surface area contributed by atoms with E-state index in [1.165, 1.54) is 23.1 Å². The van der Waals surface area contributed by atoms with E-state index >= 15 is 0 Å². The molecule has 2 amide bonds. The van der Waals surface area contributed by atoms with Crippen molar-refractivity contribution in [2.75, 3.05) is 17.1 Å². The van der Waals surface area contributed by atoms with E-state index < -0.39 is 34.1 Å². The van der Waals surface area contributed by atoms with Gasteiger partial charge >= 0.3 is 0 Å². The zero-order chi connectivity index (χ0) is 29.7. The number of hydrogen-bond acceptors (Lipinski definition) is 4. The second-order valence-corrected chi connectivity index (χ2v) is 13.5. The van der Waals surface area contributed by atoms with Gasteiger partial charge in [0.1, 0.15) is 12.6 Å². The topological polar surface area (TPSA) is 86.8 Å². The van der Waals surface area contributed by atoms with Gasteiger partial charge < -0.3 is 10.2 Å². The Hall–Kier alpha value is -3.07. The number of nitrogens with zero attached hydrogens (tertiary/aromatic N) is 2. The maximum Gasteiger partial charge on any atom is 0.244 e. The van der Waals surface area contributed by atoms with Crippen molar-refractivity contribution in [1.29, 1.82) is 0 Å². The van der Waals surface area contributed by atoms with Gasteiger partial charge in [-0.15, -0.1) is 0 Å². The summed E-state index contributed by atoms with van der Waals surface area (Å²) in [4.78, 5) is 29.3. The molecule has 0 aliphatic rings. The van der Waals surface area contributed by atoms with Gasteiger partial charge in [-0.05, 0) is 57.0 Å². The van der Waals surface area contributed by atoms with E-state index in [0.29, 0.717) is 0 Å². The standard InChI is InChI=1S/C30H35Cl2N3O4S/c1-21-11-13-23(14-12-21)19-34(27(29(37)33-30(2,3)4)17-22-9-7-6-8-10-22)28(36)20-35(40(5,38)39)24-15-16-25(31)26(32)18-24/h6-16,18,27H,17,19-20H2,1-5H3,(H,33,37)/t27-/m1/s1. The molecule has 3 aromatic carbocycles. The normalized spacial score (nSPS) is 12.5. The molecule has 214 valence electrons. The largest absolute Gasteiger partial charge is 0.350 e. The average Bonchev–Trinajstić information content (AvgIpc) is 2.86. The Morgan fingerprint density at radius 3 is 2.08 bits per heavy atom. The molecule has 40 heavy (non-hydrogen) atoms. The lowest BCUT2D eigenvalue weighted by molar-refractivity contribution is -0.140. The summed E-state index contributed by atoms with van der Waals surface area (Å²) in [6.07, 6.45) is 1.26. The monoisotopic (exact) mass is 603 g/mol. The van der Waals surface area contributed by atoms with Gasteiger partial charge in [0.05, 0.1) is 22.0 Å². The first kappa shape index (κ1) is 31.5. The van der Waals surface area contributed by atoms with E-state index in [1.807, 2.05) is 82.3 Å². The molecule has 3 rings (SSSR count). The van der Waals surface area contributed by atoms with Crippen LogP contribution in [0.1, 0.15) is 37.5 Å². The minimum absolute atomic E-state index is 0.104. The Morgan fingerprint density at radius 1 is 0.900 bits per heavy atom. The SMILES string of the molecule is Cc1ccc(CN(C(=O)CN(c2ccc(Cl)c(Cl)c2)S(C)(=O)=O)[C@H](Cc2ccccc2)C(=O)NC(C)(C)C)cc1.